The molecule has 0 aliphatic heterocycles. The highest BCUT2D eigenvalue weighted by atomic mass is 35.5. The summed E-state index contributed by atoms with van der Waals surface area (Å²) in [6.07, 6.45) is 1.53. The number of aromatic nitrogens is 2. The number of halogens is 1. The Balaban J connectivity index is 1.63. The van der Waals surface area contributed by atoms with Crippen molar-refractivity contribution in [3.8, 4) is 16.9 Å². The minimum Gasteiger partial charge on any atom is -0.506 e. The number of nitrogens with zero attached hydrogens (tertiary/aromatic N) is 2. The number of rotatable bonds is 5. The van der Waals surface area contributed by atoms with E-state index in [0.717, 1.165) is 26.4 Å². The summed E-state index contributed by atoms with van der Waals surface area (Å²) in [5, 5.41) is 16.5. The molecule has 2 aromatic carbocycles. The largest absolute Gasteiger partial charge is 0.506 e. The molecule has 2 aromatic heterocycles. The standard InChI is InChI=1S/C23H20ClN3O2S2/c1-12-4-5-15(8-13(12)2)17-10-30-22-20(17)23(26-11-25-22)31-14(3)21(29)27-18-9-16(24)6-7-19(18)28/h4-11,14,28H,1-3H3,(H,27,29). The van der Waals surface area contributed by atoms with Gasteiger partial charge in [0.2, 0.25) is 5.91 Å². The Bertz CT molecular complexity index is 1290. The maximum Gasteiger partial charge on any atom is 0.237 e. The normalized spacial score (nSPS) is 12.1. The first kappa shape index (κ1) is 21.6. The lowest BCUT2D eigenvalue weighted by molar-refractivity contribution is -0.115. The zero-order valence-corrected chi connectivity index (χ0v) is 19.5. The molecule has 8 heteroatoms. The summed E-state index contributed by atoms with van der Waals surface area (Å²) in [4.78, 5) is 22.5. The minimum atomic E-state index is -0.455. The molecule has 2 heterocycles. The van der Waals surface area contributed by atoms with Gasteiger partial charge in [-0.25, -0.2) is 9.97 Å². The Morgan fingerprint density at radius 2 is 1.97 bits per heavy atom. The molecule has 1 atom stereocenters. The quantitative estimate of drug-likeness (QED) is 0.199. The van der Waals surface area contributed by atoms with Gasteiger partial charge in [-0.3, -0.25) is 4.79 Å². The van der Waals surface area contributed by atoms with Gasteiger partial charge in [-0.2, -0.15) is 0 Å². The van der Waals surface area contributed by atoms with E-state index in [2.05, 4.69) is 52.7 Å². The van der Waals surface area contributed by atoms with E-state index in [-0.39, 0.29) is 17.3 Å². The monoisotopic (exact) mass is 469 g/mol. The molecule has 4 rings (SSSR count). The van der Waals surface area contributed by atoms with Crippen molar-refractivity contribution in [2.24, 2.45) is 0 Å². The fraction of sp³-hybridized carbons (Fsp3) is 0.174. The molecule has 1 unspecified atom stereocenters. The Kier molecular flexibility index (Phi) is 6.18. The average Bonchev–Trinajstić information content (AvgIpc) is 3.18. The van der Waals surface area contributed by atoms with Gasteiger partial charge in [0.25, 0.3) is 0 Å². The van der Waals surface area contributed by atoms with Gasteiger partial charge in [0.05, 0.1) is 16.3 Å². The summed E-state index contributed by atoms with van der Waals surface area (Å²) >= 11 is 8.90. The number of hydrogen-bond donors (Lipinski definition) is 2. The number of amides is 1. The molecule has 0 fully saturated rings. The van der Waals surface area contributed by atoms with Crippen molar-refractivity contribution in [3.05, 3.63) is 64.3 Å². The van der Waals surface area contributed by atoms with Crippen LogP contribution in [0.1, 0.15) is 18.1 Å². The van der Waals surface area contributed by atoms with E-state index in [9.17, 15) is 9.90 Å². The summed E-state index contributed by atoms with van der Waals surface area (Å²) in [6, 6.07) is 10.9. The lowest BCUT2D eigenvalue weighted by Gasteiger charge is -2.14. The van der Waals surface area contributed by atoms with Crippen LogP contribution in [0.2, 0.25) is 5.02 Å². The SMILES string of the molecule is Cc1ccc(-c2csc3ncnc(SC(C)C(=O)Nc4cc(Cl)ccc4O)c23)cc1C. The Morgan fingerprint density at radius 1 is 1.16 bits per heavy atom. The molecule has 31 heavy (non-hydrogen) atoms. The molecule has 0 spiro atoms. The fourth-order valence-corrected chi connectivity index (χ4v) is 5.21. The summed E-state index contributed by atoms with van der Waals surface area (Å²) < 4.78 is 0. The highest BCUT2D eigenvalue weighted by Crippen LogP contribution is 2.39. The lowest BCUT2D eigenvalue weighted by Crippen LogP contribution is -2.22. The predicted molar refractivity (Wildman–Crippen MR) is 129 cm³/mol. The molecular weight excluding hydrogens is 450 g/mol. The van der Waals surface area contributed by atoms with Gasteiger partial charge < -0.3 is 10.4 Å². The minimum absolute atomic E-state index is 0.0331. The van der Waals surface area contributed by atoms with Gasteiger partial charge >= 0.3 is 0 Å². The first-order valence-electron chi connectivity index (χ1n) is 9.59. The number of benzene rings is 2. The number of aryl methyl sites for hydroxylation is 2. The number of phenols is 1. The molecule has 0 radical (unpaired) electrons. The number of aromatic hydroxyl groups is 1. The van der Waals surface area contributed by atoms with Crippen molar-refractivity contribution < 1.29 is 9.90 Å². The molecular formula is C23H20ClN3O2S2. The van der Waals surface area contributed by atoms with Crippen LogP contribution < -0.4 is 5.32 Å². The van der Waals surface area contributed by atoms with Crippen LogP contribution in [0.15, 0.2) is 53.1 Å². The van der Waals surface area contributed by atoms with Crippen LogP contribution in [0.4, 0.5) is 5.69 Å². The van der Waals surface area contributed by atoms with Crippen molar-refractivity contribution in [2.45, 2.75) is 31.0 Å². The van der Waals surface area contributed by atoms with E-state index >= 15 is 0 Å². The van der Waals surface area contributed by atoms with Gasteiger partial charge in [-0.05, 0) is 55.7 Å². The molecule has 1 amide bonds. The van der Waals surface area contributed by atoms with Crippen LogP contribution in [0, 0.1) is 13.8 Å². The second-order valence-corrected chi connectivity index (χ2v) is 9.84. The molecule has 4 aromatic rings. The van der Waals surface area contributed by atoms with E-state index in [4.69, 9.17) is 11.6 Å². The number of carbonyl (C=O) groups excluding carboxylic acids is 1. The number of nitrogens with one attached hydrogen (secondary N) is 1. The topological polar surface area (TPSA) is 75.1 Å². The fourth-order valence-electron chi connectivity index (χ4n) is 3.12. The number of carbonyl (C=O) groups is 1. The highest BCUT2D eigenvalue weighted by Gasteiger charge is 2.21. The van der Waals surface area contributed by atoms with Crippen molar-refractivity contribution in [1.29, 1.82) is 0 Å². The molecule has 0 aliphatic carbocycles. The molecule has 158 valence electrons. The summed E-state index contributed by atoms with van der Waals surface area (Å²) in [6.45, 7) is 5.99. The van der Waals surface area contributed by atoms with E-state index in [1.165, 1.54) is 41.3 Å². The van der Waals surface area contributed by atoms with Gasteiger partial charge in [0.15, 0.2) is 0 Å². The molecule has 0 aliphatic rings. The Morgan fingerprint density at radius 3 is 2.74 bits per heavy atom. The van der Waals surface area contributed by atoms with Crippen LogP contribution in [-0.2, 0) is 4.79 Å². The average molecular weight is 470 g/mol. The lowest BCUT2D eigenvalue weighted by atomic mass is 10.0. The molecule has 5 nitrogen and oxygen atoms in total. The smallest absolute Gasteiger partial charge is 0.237 e. The van der Waals surface area contributed by atoms with Gasteiger partial charge in [0, 0.05) is 16.0 Å². The number of thiophene rings is 1. The molecule has 2 N–H and O–H groups in total. The highest BCUT2D eigenvalue weighted by molar-refractivity contribution is 8.00. The number of anilines is 1. The van der Waals surface area contributed by atoms with Crippen LogP contribution in [0.25, 0.3) is 21.3 Å². The Hall–Kier alpha value is -2.61. The predicted octanol–water partition coefficient (Wildman–Crippen LogP) is 6.45. The van der Waals surface area contributed by atoms with E-state index in [1.54, 1.807) is 24.3 Å². The van der Waals surface area contributed by atoms with Gasteiger partial charge in [-0.15, -0.1) is 11.3 Å². The first-order valence-corrected chi connectivity index (χ1v) is 11.7. The van der Waals surface area contributed by atoms with Crippen LogP contribution in [0.5, 0.6) is 5.75 Å². The van der Waals surface area contributed by atoms with Crippen molar-refractivity contribution >= 4 is 56.5 Å². The first-order chi connectivity index (χ1) is 14.8. The van der Waals surface area contributed by atoms with Crippen LogP contribution >= 0.6 is 34.7 Å². The second-order valence-electron chi connectivity index (χ2n) is 7.22. The van der Waals surface area contributed by atoms with Crippen LogP contribution in [-0.4, -0.2) is 26.2 Å². The molecule has 0 saturated carbocycles. The zero-order valence-electron chi connectivity index (χ0n) is 17.1. The van der Waals surface area contributed by atoms with Gasteiger partial charge in [0.1, 0.15) is 21.9 Å². The number of thioether (sulfide) groups is 1. The number of hydrogen-bond acceptors (Lipinski definition) is 6. The summed E-state index contributed by atoms with van der Waals surface area (Å²) in [7, 11) is 0. The van der Waals surface area contributed by atoms with Gasteiger partial charge in [-0.1, -0.05) is 41.6 Å². The third kappa shape index (κ3) is 4.54. The third-order valence-electron chi connectivity index (χ3n) is 5.03. The van der Waals surface area contributed by atoms with E-state index < -0.39 is 5.25 Å². The van der Waals surface area contributed by atoms with Crippen LogP contribution in [0.3, 0.4) is 0 Å². The molecule has 0 bridgehead atoms. The van der Waals surface area contributed by atoms with Crippen molar-refractivity contribution in [2.75, 3.05) is 5.32 Å². The third-order valence-corrected chi connectivity index (χ3v) is 7.25. The van der Waals surface area contributed by atoms with E-state index in [1.807, 2.05) is 0 Å². The summed E-state index contributed by atoms with van der Waals surface area (Å²) in [5.74, 6) is -0.286. The maximum absolute atomic E-state index is 12.8. The van der Waals surface area contributed by atoms with Crippen molar-refractivity contribution in [1.82, 2.24) is 9.97 Å². The van der Waals surface area contributed by atoms with Crippen molar-refractivity contribution in [3.63, 3.8) is 0 Å². The zero-order chi connectivity index (χ0) is 22.1. The van der Waals surface area contributed by atoms with E-state index in [0.29, 0.717) is 5.02 Å². The number of phenolic OH excluding ortho intramolecular Hbond substituents is 1. The maximum atomic E-state index is 12.8. The number of fused-ring (bicyclic) bond motifs is 1. The summed E-state index contributed by atoms with van der Waals surface area (Å²) in [5.41, 5.74) is 4.91. The Labute approximate surface area is 193 Å². The second kappa shape index (κ2) is 8.86. The molecule has 0 saturated heterocycles.